The zero-order valence-corrected chi connectivity index (χ0v) is 12.5. The lowest BCUT2D eigenvalue weighted by Crippen LogP contribution is -2.04. The summed E-state index contributed by atoms with van der Waals surface area (Å²) in [5.41, 5.74) is 1.97. The molecule has 0 heterocycles. The summed E-state index contributed by atoms with van der Waals surface area (Å²) in [6, 6.07) is 1.62. The van der Waals surface area contributed by atoms with E-state index >= 15 is 0 Å². The quantitative estimate of drug-likeness (QED) is 0.474. The first-order chi connectivity index (χ1) is 9.45. The zero-order valence-electron chi connectivity index (χ0n) is 11.7. The van der Waals surface area contributed by atoms with Gasteiger partial charge < -0.3 is 4.55 Å². The van der Waals surface area contributed by atoms with Crippen molar-refractivity contribution in [2.24, 2.45) is 0 Å². The predicted octanol–water partition coefficient (Wildman–Crippen LogP) is 3.73. The van der Waals surface area contributed by atoms with Gasteiger partial charge in [0.25, 0.3) is 0 Å². The molecule has 1 aromatic rings. The van der Waals surface area contributed by atoms with Crippen LogP contribution in [0.3, 0.4) is 0 Å². The van der Waals surface area contributed by atoms with Gasteiger partial charge in [-0.15, -0.1) is 0 Å². The molecule has 1 unspecified atom stereocenters. The molecule has 0 amide bonds. The fourth-order valence-corrected chi connectivity index (χ4v) is 2.58. The lowest BCUT2D eigenvalue weighted by atomic mass is 9.97. The van der Waals surface area contributed by atoms with Crippen molar-refractivity contribution < 1.29 is 17.9 Å². The predicted molar refractivity (Wildman–Crippen MR) is 78.8 cm³/mol. The lowest BCUT2D eigenvalue weighted by molar-refractivity contribution is 0.0835. The fraction of sp³-hybridized carbons (Fsp3) is 0.400. The molecule has 1 atom stereocenters. The van der Waals surface area contributed by atoms with E-state index in [0.29, 0.717) is 17.5 Å². The maximum Gasteiger partial charge on any atom is 0.332 e. The average molecular weight is 298 g/mol. The van der Waals surface area contributed by atoms with E-state index < -0.39 is 17.1 Å². The van der Waals surface area contributed by atoms with Crippen molar-refractivity contribution in [3.8, 4) is 0 Å². The Morgan fingerprint density at radius 1 is 1.35 bits per heavy atom. The van der Waals surface area contributed by atoms with Crippen molar-refractivity contribution in [3.63, 3.8) is 0 Å². The fourth-order valence-electron chi connectivity index (χ4n) is 2.05. The molecule has 20 heavy (non-hydrogen) atoms. The van der Waals surface area contributed by atoms with E-state index in [1.165, 1.54) is 6.07 Å². The van der Waals surface area contributed by atoms with E-state index in [9.17, 15) is 13.4 Å². The first-order valence-electron chi connectivity index (χ1n) is 6.50. The molecule has 0 bridgehead atoms. The molecule has 0 aliphatic rings. The first-order valence-corrected chi connectivity index (χ1v) is 7.78. The molecule has 0 saturated carbocycles. The number of hydrogen-bond acceptors (Lipinski definition) is 2. The summed E-state index contributed by atoms with van der Waals surface area (Å²) >= 11 is -2.02. The molecule has 1 aromatic carbocycles. The van der Waals surface area contributed by atoms with Gasteiger partial charge in [-0.3, -0.25) is 4.79 Å². The van der Waals surface area contributed by atoms with Crippen LogP contribution in [0, 0.1) is 6.92 Å². The Balaban J connectivity index is 3.06. The number of aryl methyl sites for hydroxylation is 2. The second kappa shape index (κ2) is 8.07. The maximum atomic E-state index is 12.9. The summed E-state index contributed by atoms with van der Waals surface area (Å²) in [7, 11) is 0. The molecule has 110 valence electrons. The van der Waals surface area contributed by atoms with Crippen LogP contribution in [-0.2, 0) is 23.3 Å². The highest BCUT2D eigenvalue weighted by Crippen LogP contribution is 2.21. The molecule has 0 aromatic heterocycles. The SMILES string of the molecule is CCC=CCCc1cc(C)c(C(=O)F)cc1CS(=O)O. The number of halogens is 1. The van der Waals surface area contributed by atoms with Gasteiger partial charge in [0.1, 0.15) is 0 Å². The molecule has 0 spiro atoms. The van der Waals surface area contributed by atoms with Gasteiger partial charge in [0.2, 0.25) is 0 Å². The third kappa shape index (κ3) is 4.98. The first kappa shape index (κ1) is 16.7. The number of hydrogen-bond donors (Lipinski definition) is 1. The Morgan fingerprint density at radius 3 is 2.60 bits per heavy atom. The molecule has 0 fully saturated rings. The molecule has 3 nitrogen and oxygen atoms in total. The van der Waals surface area contributed by atoms with Crippen LogP contribution in [0.1, 0.15) is 46.8 Å². The highest BCUT2D eigenvalue weighted by atomic mass is 32.2. The molecule has 0 saturated heterocycles. The van der Waals surface area contributed by atoms with E-state index in [2.05, 4.69) is 6.08 Å². The number of benzene rings is 1. The third-order valence-electron chi connectivity index (χ3n) is 3.02. The minimum absolute atomic E-state index is 0.0294. The Bertz CT molecular complexity index is 538. The van der Waals surface area contributed by atoms with Crippen molar-refractivity contribution in [2.45, 2.75) is 38.9 Å². The van der Waals surface area contributed by atoms with E-state index in [0.717, 1.165) is 18.4 Å². The van der Waals surface area contributed by atoms with Crippen LogP contribution in [0.5, 0.6) is 0 Å². The van der Waals surface area contributed by atoms with Crippen molar-refractivity contribution in [1.82, 2.24) is 0 Å². The van der Waals surface area contributed by atoms with Crippen molar-refractivity contribution >= 4 is 17.1 Å². The van der Waals surface area contributed by atoms with Crippen molar-refractivity contribution in [3.05, 3.63) is 46.5 Å². The largest absolute Gasteiger partial charge is 0.332 e. The number of carbonyl (C=O) groups is 1. The molecule has 0 radical (unpaired) electrons. The zero-order chi connectivity index (χ0) is 15.1. The van der Waals surface area contributed by atoms with E-state index in [-0.39, 0.29) is 11.3 Å². The monoisotopic (exact) mass is 298 g/mol. The topological polar surface area (TPSA) is 54.4 Å². The number of allylic oxidation sites excluding steroid dienone is 2. The minimum Gasteiger partial charge on any atom is -0.306 e. The Labute approximate surface area is 121 Å². The molecule has 0 aliphatic carbocycles. The van der Waals surface area contributed by atoms with E-state index in [1.54, 1.807) is 13.0 Å². The molecule has 1 N–H and O–H groups in total. The van der Waals surface area contributed by atoms with Gasteiger partial charge in [-0.1, -0.05) is 25.1 Å². The Morgan fingerprint density at radius 2 is 2.05 bits per heavy atom. The number of rotatable bonds is 7. The van der Waals surface area contributed by atoms with Crippen LogP contribution in [0.2, 0.25) is 0 Å². The summed E-state index contributed by atoms with van der Waals surface area (Å²) in [5, 5.41) is 0. The van der Waals surface area contributed by atoms with Gasteiger partial charge in [-0.2, -0.15) is 4.39 Å². The highest BCUT2D eigenvalue weighted by molar-refractivity contribution is 7.78. The van der Waals surface area contributed by atoms with Crippen LogP contribution in [0.25, 0.3) is 0 Å². The van der Waals surface area contributed by atoms with Crippen LogP contribution < -0.4 is 0 Å². The van der Waals surface area contributed by atoms with Gasteiger partial charge in [0, 0.05) is 0 Å². The molecule has 5 heteroatoms. The molecular weight excluding hydrogens is 279 g/mol. The summed E-state index contributed by atoms with van der Waals surface area (Å²) in [5.74, 6) is -0.0899. The third-order valence-corrected chi connectivity index (χ3v) is 3.58. The van der Waals surface area contributed by atoms with Crippen LogP contribution in [0.4, 0.5) is 4.39 Å². The molecule has 0 aliphatic heterocycles. The summed E-state index contributed by atoms with van der Waals surface area (Å²) in [4.78, 5) is 10.9. The summed E-state index contributed by atoms with van der Waals surface area (Å²) in [6.07, 6.45) is 6.56. The molecular formula is C15H19FO3S. The minimum atomic E-state index is -2.02. The Kier molecular flexibility index (Phi) is 6.75. The van der Waals surface area contributed by atoms with Crippen LogP contribution in [0.15, 0.2) is 24.3 Å². The second-order valence-corrected chi connectivity index (χ2v) is 5.53. The standard InChI is InChI=1S/C15H19FO3S/c1-3-4-5-6-7-12-8-11(2)14(15(16)17)9-13(12)10-20(18)19/h4-5,8-9H,3,6-7,10H2,1-2H3,(H,18,19). The van der Waals surface area contributed by atoms with E-state index in [1.807, 2.05) is 13.0 Å². The maximum absolute atomic E-state index is 12.9. The van der Waals surface area contributed by atoms with Crippen molar-refractivity contribution in [1.29, 1.82) is 0 Å². The van der Waals surface area contributed by atoms with Crippen LogP contribution in [-0.4, -0.2) is 14.8 Å². The number of carbonyl (C=O) groups excluding carboxylic acids is 1. The normalized spacial score (nSPS) is 12.8. The highest BCUT2D eigenvalue weighted by Gasteiger charge is 2.14. The van der Waals surface area contributed by atoms with Gasteiger partial charge in [0.15, 0.2) is 11.1 Å². The van der Waals surface area contributed by atoms with Gasteiger partial charge in [-0.25, -0.2) is 4.21 Å². The average Bonchev–Trinajstić information content (AvgIpc) is 2.36. The van der Waals surface area contributed by atoms with E-state index in [4.69, 9.17) is 4.55 Å². The Hall–Kier alpha value is -1.33. The smallest absolute Gasteiger partial charge is 0.306 e. The van der Waals surface area contributed by atoms with Gasteiger partial charge in [-0.05, 0) is 48.9 Å². The summed E-state index contributed by atoms with van der Waals surface area (Å²) in [6.45, 7) is 3.71. The van der Waals surface area contributed by atoms with Crippen molar-refractivity contribution in [2.75, 3.05) is 0 Å². The lowest BCUT2D eigenvalue weighted by Gasteiger charge is -2.11. The van der Waals surface area contributed by atoms with Crippen LogP contribution >= 0.6 is 0 Å². The second-order valence-electron chi connectivity index (χ2n) is 4.59. The summed E-state index contributed by atoms with van der Waals surface area (Å²) < 4.78 is 32.9. The van der Waals surface area contributed by atoms with Gasteiger partial charge in [0.05, 0.1) is 11.3 Å². The van der Waals surface area contributed by atoms with Gasteiger partial charge >= 0.3 is 6.04 Å². The molecule has 1 rings (SSSR count).